The van der Waals surface area contributed by atoms with Gasteiger partial charge in [-0.3, -0.25) is 0 Å². The smallest absolute Gasteiger partial charge is 0.416 e. The van der Waals surface area contributed by atoms with Gasteiger partial charge in [0.1, 0.15) is 18.5 Å². The maximum absolute atomic E-state index is 12.8. The van der Waals surface area contributed by atoms with E-state index >= 15 is 0 Å². The van der Waals surface area contributed by atoms with Crippen LogP contribution in [0.25, 0.3) is 11.1 Å². The molecule has 1 unspecified atom stereocenters. The van der Waals surface area contributed by atoms with Crippen molar-refractivity contribution in [3.63, 3.8) is 0 Å². The molecule has 0 spiro atoms. The summed E-state index contributed by atoms with van der Waals surface area (Å²) in [5, 5.41) is 19.7. The third-order valence-corrected chi connectivity index (χ3v) is 4.37. The van der Waals surface area contributed by atoms with Gasteiger partial charge in [0.2, 0.25) is 0 Å². The highest BCUT2D eigenvalue weighted by Gasteiger charge is 2.30. The van der Waals surface area contributed by atoms with Crippen LogP contribution < -0.4 is 10.5 Å². The van der Waals surface area contributed by atoms with E-state index in [-0.39, 0.29) is 13.2 Å². The third-order valence-electron chi connectivity index (χ3n) is 4.37. The lowest BCUT2D eigenvalue weighted by Gasteiger charge is -2.22. The number of aliphatic hydroxyl groups excluding tert-OH is 2. The maximum atomic E-state index is 12.8. The van der Waals surface area contributed by atoms with Crippen molar-refractivity contribution in [2.75, 3.05) is 13.2 Å². The average molecular weight is 393 g/mol. The molecule has 7 heteroatoms. The van der Waals surface area contributed by atoms with E-state index in [0.717, 1.165) is 12.1 Å². The highest BCUT2D eigenvalue weighted by molar-refractivity contribution is 5.73. The predicted octanol–water partition coefficient (Wildman–Crippen LogP) is 3.57. The molecule has 2 aromatic rings. The number of nitrogens with two attached hydrogens (primary N) is 1. The molecule has 4 N–H and O–H groups in total. The van der Waals surface area contributed by atoms with E-state index in [2.05, 4.69) is 11.8 Å². The molecule has 4 nitrogen and oxygen atoms in total. The summed E-state index contributed by atoms with van der Waals surface area (Å²) in [5.41, 5.74) is 7.75. The number of alkyl halides is 3. The number of halogens is 3. The molecule has 0 heterocycles. The molecule has 0 aliphatic rings. The van der Waals surface area contributed by atoms with Crippen molar-refractivity contribution in [3.8, 4) is 28.7 Å². The zero-order valence-electron chi connectivity index (χ0n) is 15.6. The van der Waals surface area contributed by atoms with E-state index in [1.165, 1.54) is 12.1 Å². The van der Waals surface area contributed by atoms with Crippen molar-refractivity contribution in [2.24, 2.45) is 5.73 Å². The van der Waals surface area contributed by atoms with E-state index in [1.807, 2.05) is 0 Å². The molecule has 2 aromatic carbocycles. The van der Waals surface area contributed by atoms with Crippen LogP contribution >= 0.6 is 0 Å². The second-order valence-corrected chi connectivity index (χ2v) is 6.14. The van der Waals surface area contributed by atoms with Crippen molar-refractivity contribution in [1.82, 2.24) is 0 Å². The Morgan fingerprint density at radius 2 is 1.86 bits per heavy atom. The summed E-state index contributed by atoms with van der Waals surface area (Å²) >= 11 is 0. The Bertz CT molecular complexity index is 881. The lowest BCUT2D eigenvalue weighted by molar-refractivity contribution is -0.137. The van der Waals surface area contributed by atoms with Crippen molar-refractivity contribution >= 4 is 0 Å². The first-order valence-corrected chi connectivity index (χ1v) is 8.60. The van der Waals surface area contributed by atoms with E-state index in [9.17, 15) is 23.4 Å². The Kier molecular flexibility index (Phi) is 7.08. The highest BCUT2D eigenvalue weighted by atomic mass is 19.4. The highest BCUT2D eigenvalue weighted by Crippen LogP contribution is 2.39. The second-order valence-electron chi connectivity index (χ2n) is 6.14. The first-order chi connectivity index (χ1) is 13.2. The van der Waals surface area contributed by atoms with E-state index in [0.29, 0.717) is 33.6 Å². The summed E-state index contributed by atoms with van der Waals surface area (Å²) in [6, 6.07) is 6.48. The zero-order valence-corrected chi connectivity index (χ0v) is 15.6. The molecular formula is C21H22F3NO3. The van der Waals surface area contributed by atoms with Gasteiger partial charge in [0.25, 0.3) is 0 Å². The monoisotopic (exact) mass is 393 g/mol. The quantitative estimate of drug-likeness (QED) is 0.656. The molecule has 0 saturated carbocycles. The maximum Gasteiger partial charge on any atom is 0.416 e. The van der Waals surface area contributed by atoms with Crippen LogP contribution in [0.5, 0.6) is 5.75 Å². The molecule has 150 valence electrons. The lowest BCUT2D eigenvalue weighted by Crippen LogP contribution is -2.14. The van der Waals surface area contributed by atoms with Crippen LogP contribution in [0.2, 0.25) is 0 Å². The van der Waals surface area contributed by atoms with Crippen LogP contribution in [0.3, 0.4) is 0 Å². The molecule has 28 heavy (non-hydrogen) atoms. The van der Waals surface area contributed by atoms with Gasteiger partial charge in [-0.05, 0) is 54.3 Å². The molecule has 0 aliphatic carbocycles. The molecule has 1 atom stereocenters. The molecule has 0 radical (unpaired) electrons. The predicted molar refractivity (Wildman–Crippen MR) is 100 cm³/mol. The van der Waals surface area contributed by atoms with Crippen LogP contribution in [0.1, 0.15) is 35.3 Å². The summed E-state index contributed by atoms with van der Waals surface area (Å²) in [7, 11) is 0. The summed E-state index contributed by atoms with van der Waals surface area (Å²) in [6.45, 7) is 2.97. The van der Waals surface area contributed by atoms with Gasteiger partial charge in [-0.25, -0.2) is 0 Å². The normalized spacial score (nSPS) is 12.3. The molecule has 0 aliphatic heterocycles. The minimum Gasteiger partial charge on any atom is -0.480 e. The number of ether oxygens (including phenoxy) is 1. The Morgan fingerprint density at radius 3 is 2.36 bits per heavy atom. The van der Waals surface area contributed by atoms with E-state index in [4.69, 9.17) is 10.5 Å². The Balaban J connectivity index is 2.64. The largest absolute Gasteiger partial charge is 0.480 e. The lowest BCUT2D eigenvalue weighted by atomic mass is 9.90. The fourth-order valence-corrected chi connectivity index (χ4v) is 2.96. The topological polar surface area (TPSA) is 75.7 Å². The molecule has 0 bridgehead atoms. The first-order valence-electron chi connectivity index (χ1n) is 8.60. The molecule has 0 fully saturated rings. The van der Waals surface area contributed by atoms with Gasteiger partial charge in [0, 0.05) is 12.1 Å². The minimum atomic E-state index is -4.42. The third kappa shape index (κ3) is 4.65. The van der Waals surface area contributed by atoms with Gasteiger partial charge in [-0.15, -0.1) is 5.92 Å². The number of benzene rings is 2. The number of aliphatic hydroxyl groups is 2. The van der Waals surface area contributed by atoms with Crippen molar-refractivity contribution < 1.29 is 28.1 Å². The summed E-state index contributed by atoms with van der Waals surface area (Å²) in [5.74, 6) is 5.77. The van der Waals surface area contributed by atoms with Gasteiger partial charge in [-0.2, -0.15) is 13.2 Å². The van der Waals surface area contributed by atoms with Crippen LogP contribution in [0.4, 0.5) is 13.2 Å². The first kappa shape index (κ1) is 21.8. The molecular weight excluding hydrogens is 371 g/mol. The second kappa shape index (κ2) is 9.11. The van der Waals surface area contributed by atoms with Gasteiger partial charge in [-0.1, -0.05) is 18.1 Å². The van der Waals surface area contributed by atoms with Crippen LogP contribution in [-0.4, -0.2) is 23.4 Å². The van der Waals surface area contributed by atoms with Crippen molar-refractivity contribution in [1.29, 1.82) is 0 Å². The Hall–Kier alpha value is -2.53. The minimum absolute atomic E-state index is 0.0517. The Morgan fingerprint density at radius 1 is 1.21 bits per heavy atom. The zero-order chi connectivity index (χ0) is 20.9. The van der Waals surface area contributed by atoms with Gasteiger partial charge < -0.3 is 20.7 Å². The number of rotatable bonds is 6. The molecule has 0 amide bonds. The summed E-state index contributed by atoms with van der Waals surface area (Å²) in [6.07, 6.45) is -5.62. The van der Waals surface area contributed by atoms with Gasteiger partial charge in [0.15, 0.2) is 0 Å². The van der Waals surface area contributed by atoms with E-state index < -0.39 is 24.5 Å². The molecule has 0 aromatic heterocycles. The summed E-state index contributed by atoms with van der Waals surface area (Å²) in [4.78, 5) is 0. The Labute approximate surface area is 161 Å². The van der Waals surface area contributed by atoms with E-state index in [1.54, 1.807) is 19.9 Å². The SMILES string of the molecule is CC#CCOc1c(C)c(-c2ccc(C(F)(F)F)cc2)cc(CN)c1C(O)CO. The van der Waals surface area contributed by atoms with Gasteiger partial charge in [0.05, 0.1) is 12.2 Å². The molecule has 0 saturated heterocycles. The van der Waals surface area contributed by atoms with Crippen LogP contribution in [0.15, 0.2) is 30.3 Å². The number of hydrogen-bond acceptors (Lipinski definition) is 4. The van der Waals surface area contributed by atoms with Crippen LogP contribution in [-0.2, 0) is 12.7 Å². The van der Waals surface area contributed by atoms with Crippen LogP contribution in [0, 0.1) is 18.8 Å². The average Bonchev–Trinajstić information content (AvgIpc) is 2.67. The fraction of sp³-hybridized carbons (Fsp3) is 0.333. The molecule has 2 rings (SSSR count). The van der Waals surface area contributed by atoms with Gasteiger partial charge >= 0.3 is 6.18 Å². The number of hydrogen-bond donors (Lipinski definition) is 3. The fourth-order valence-electron chi connectivity index (χ4n) is 2.96. The summed E-state index contributed by atoms with van der Waals surface area (Å²) < 4.78 is 44.2. The van der Waals surface area contributed by atoms with Crippen molar-refractivity contribution in [3.05, 3.63) is 52.6 Å². The standard InChI is InChI=1S/C21H22F3NO3/c1-3-4-9-28-20-13(2)17(10-15(11-25)19(20)18(27)12-26)14-5-7-16(8-6-14)21(22,23)24/h5-8,10,18,26-27H,9,11-12,25H2,1-2H3. The van der Waals surface area contributed by atoms with Crippen molar-refractivity contribution in [2.45, 2.75) is 32.7 Å².